The SMILES string of the molecule is O=S(=O)(Cc1ccccc1)N1CCC(Cn2ccnc2)CC1. The second-order valence-electron chi connectivity index (χ2n) is 5.84. The largest absolute Gasteiger partial charge is 0.337 e. The van der Waals surface area contributed by atoms with E-state index in [0.29, 0.717) is 19.0 Å². The molecule has 0 spiro atoms. The number of aromatic nitrogens is 2. The maximum atomic E-state index is 12.5. The third-order valence-corrected chi connectivity index (χ3v) is 6.04. The standard InChI is InChI=1S/C16H21N3O2S/c20-22(21,13-16-4-2-1-3-5-16)19-9-6-15(7-10-19)12-18-11-8-17-14-18/h1-5,8,11,14-15H,6-7,9-10,12-13H2. The van der Waals surface area contributed by atoms with Crippen LogP contribution in [0, 0.1) is 5.92 Å². The fraction of sp³-hybridized carbons (Fsp3) is 0.438. The van der Waals surface area contributed by atoms with Crippen LogP contribution in [0.2, 0.25) is 0 Å². The quantitative estimate of drug-likeness (QED) is 0.848. The highest BCUT2D eigenvalue weighted by molar-refractivity contribution is 7.88. The van der Waals surface area contributed by atoms with Crippen molar-refractivity contribution < 1.29 is 8.42 Å². The molecule has 2 aromatic rings. The Bertz CT molecular complexity index is 675. The molecule has 3 rings (SSSR count). The minimum absolute atomic E-state index is 0.0972. The van der Waals surface area contributed by atoms with Crippen LogP contribution in [0.15, 0.2) is 49.1 Å². The smallest absolute Gasteiger partial charge is 0.218 e. The maximum absolute atomic E-state index is 12.5. The molecule has 2 heterocycles. The summed E-state index contributed by atoms with van der Waals surface area (Å²) in [6, 6.07) is 9.38. The summed E-state index contributed by atoms with van der Waals surface area (Å²) in [5.41, 5.74) is 0.850. The summed E-state index contributed by atoms with van der Waals surface area (Å²) < 4.78 is 28.7. The molecule has 118 valence electrons. The molecular weight excluding hydrogens is 298 g/mol. The van der Waals surface area contributed by atoms with Gasteiger partial charge < -0.3 is 4.57 Å². The average molecular weight is 319 g/mol. The Balaban J connectivity index is 1.56. The van der Waals surface area contributed by atoms with Crippen molar-refractivity contribution in [2.45, 2.75) is 25.1 Å². The molecule has 1 aromatic carbocycles. The van der Waals surface area contributed by atoms with Crippen molar-refractivity contribution in [2.75, 3.05) is 13.1 Å². The van der Waals surface area contributed by atoms with Crippen molar-refractivity contribution >= 4 is 10.0 Å². The normalized spacial score (nSPS) is 17.6. The first-order valence-electron chi connectivity index (χ1n) is 7.61. The number of rotatable bonds is 5. The zero-order valence-corrected chi connectivity index (χ0v) is 13.3. The lowest BCUT2D eigenvalue weighted by Gasteiger charge is -2.31. The Morgan fingerprint density at radius 3 is 2.50 bits per heavy atom. The van der Waals surface area contributed by atoms with E-state index in [0.717, 1.165) is 24.9 Å². The summed E-state index contributed by atoms with van der Waals surface area (Å²) in [7, 11) is -3.21. The summed E-state index contributed by atoms with van der Waals surface area (Å²) in [5.74, 6) is 0.623. The van der Waals surface area contributed by atoms with Gasteiger partial charge in [-0.25, -0.2) is 17.7 Å². The lowest BCUT2D eigenvalue weighted by molar-refractivity contribution is 0.253. The molecule has 0 amide bonds. The summed E-state index contributed by atoms with van der Waals surface area (Å²) in [5, 5.41) is 0. The monoisotopic (exact) mass is 319 g/mol. The minimum Gasteiger partial charge on any atom is -0.337 e. The highest BCUT2D eigenvalue weighted by atomic mass is 32.2. The molecule has 1 aromatic heterocycles. The van der Waals surface area contributed by atoms with Crippen molar-refractivity contribution in [1.82, 2.24) is 13.9 Å². The number of benzene rings is 1. The van der Waals surface area contributed by atoms with Gasteiger partial charge in [-0.3, -0.25) is 0 Å². The molecule has 5 nitrogen and oxygen atoms in total. The molecule has 0 N–H and O–H groups in total. The highest BCUT2D eigenvalue weighted by Crippen LogP contribution is 2.22. The fourth-order valence-electron chi connectivity index (χ4n) is 2.94. The van der Waals surface area contributed by atoms with E-state index < -0.39 is 10.0 Å². The minimum atomic E-state index is -3.21. The van der Waals surface area contributed by atoms with Gasteiger partial charge in [0.15, 0.2) is 0 Å². The molecule has 0 radical (unpaired) electrons. The number of hydrogen-bond acceptors (Lipinski definition) is 3. The van der Waals surface area contributed by atoms with Crippen LogP contribution in [0.1, 0.15) is 18.4 Å². The van der Waals surface area contributed by atoms with Crippen LogP contribution < -0.4 is 0 Å². The Labute approximate surface area is 131 Å². The summed E-state index contributed by atoms with van der Waals surface area (Å²) in [6.07, 6.45) is 7.37. The first-order valence-corrected chi connectivity index (χ1v) is 9.22. The van der Waals surface area contributed by atoms with E-state index in [1.54, 1.807) is 10.5 Å². The van der Waals surface area contributed by atoms with Gasteiger partial charge in [-0.15, -0.1) is 0 Å². The van der Waals surface area contributed by atoms with Crippen molar-refractivity contribution in [3.63, 3.8) is 0 Å². The molecule has 1 saturated heterocycles. The van der Waals surface area contributed by atoms with Gasteiger partial charge in [0.25, 0.3) is 0 Å². The zero-order chi connectivity index (χ0) is 15.4. The van der Waals surface area contributed by atoms with Crippen LogP contribution in [0.3, 0.4) is 0 Å². The number of nitrogens with zero attached hydrogens (tertiary/aromatic N) is 3. The van der Waals surface area contributed by atoms with Gasteiger partial charge >= 0.3 is 0 Å². The van der Waals surface area contributed by atoms with Crippen LogP contribution in [0.5, 0.6) is 0 Å². The Morgan fingerprint density at radius 1 is 1.14 bits per heavy atom. The third-order valence-electron chi connectivity index (χ3n) is 4.19. The molecule has 1 aliphatic rings. The van der Waals surface area contributed by atoms with E-state index in [1.807, 2.05) is 42.9 Å². The Kier molecular flexibility index (Phi) is 4.59. The third kappa shape index (κ3) is 3.75. The molecule has 0 unspecified atom stereocenters. The molecule has 0 atom stereocenters. The van der Waals surface area contributed by atoms with E-state index in [9.17, 15) is 8.42 Å². The maximum Gasteiger partial charge on any atom is 0.218 e. The zero-order valence-electron chi connectivity index (χ0n) is 12.5. The number of hydrogen-bond donors (Lipinski definition) is 0. The van der Waals surface area contributed by atoms with Crippen molar-refractivity contribution in [3.8, 4) is 0 Å². The summed E-state index contributed by atoms with van der Waals surface area (Å²) in [4.78, 5) is 4.05. The van der Waals surface area contributed by atoms with Crippen LogP contribution in [0.4, 0.5) is 0 Å². The lowest BCUT2D eigenvalue weighted by atomic mass is 9.98. The predicted molar refractivity (Wildman–Crippen MR) is 85.6 cm³/mol. The highest BCUT2D eigenvalue weighted by Gasteiger charge is 2.28. The van der Waals surface area contributed by atoms with E-state index >= 15 is 0 Å². The fourth-order valence-corrected chi connectivity index (χ4v) is 4.50. The van der Waals surface area contributed by atoms with Crippen LogP contribution in [-0.2, 0) is 22.3 Å². The molecule has 6 heteroatoms. The first kappa shape index (κ1) is 15.2. The second-order valence-corrected chi connectivity index (χ2v) is 7.81. The Hall–Kier alpha value is -1.66. The van der Waals surface area contributed by atoms with Crippen molar-refractivity contribution in [2.24, 2.45) is 5.92 Å². The average Bonchev–Trinajstić information content (AvgIpc) is 3.01. The molecule has 1 aliphatic heterocycles. The number of piperidine rings is 1. The molecule has 0 bridgehead atoms. The van der Waals surface area contributed by atoms with E-state index in [4.69, 9.17) is 0 Å². The molecular formula is C16H21N3O2S. The van der Waals surface area contributed by atoms with E-state index in [1.165, 1.54) is 0 Å². The summed E-state index contributed by atoms with van der Waals surface area (Å²) in [6.45, 7) is 2.16. The lowest BCUT2D eigenvalue weighted by Crippen LogP contribution is -2.39. The van der Waals surface area contributed by atoms with Gasteiger partial charge in [0.2, 0.25) is 10.0 Å². The number of imidazole rings is 1. The van der Waals surface area contributed by atoms with Crippen LogP contribution >= 0.6 is 0 Å². The van der Waals surface area contributed by atoms with Gasteiger partial charge in [-0.1, -0.05) is 30.3 Å². The second kappa shape index (κ2) is 6.62. The topological polar surface area (TPSA) is 55.2 Å². The summed E-state index contributed by atoms with van der Waals surface area (Å²) >= 11 is 0. The van der Waals surface area contributed by atoms with Gasteiger partial charge in [0.1, 0.15) is 0 Å². The van der Waals surface area contributed by atoms with Gasteiger partial charge in [0, 0.05) is 32.0 Å². The van der Waals surface area contributed by atoms with Crippen LogP contribution in [0.25, 0.3) is 0 Å². The molecule has 0 saturated carbocycles. The predicted octanol–water partition coefficient (Wildman–Crippen LogP) is 2.13. The number of sulfonamides is 1. The van der Waals surface area contributed by atoms with E-state index in [2.05, 4.69) is 9.55 Å². The van der Waals surface area contributed by atoms with Gasteiger partial charge in [0.05, 0.1) is 12.1 Å². The first-order chi connectivity index (χ1) is 10.6. The van der Waals surface area contributed by atoms with Gasteiger partial charge in [-0.05, 0) is 24.3 Å². The molecule has 0 aliphatic carbocycles. The molecule has 1 fully saturated rings. The van der Waals surface area contributed by atoms with Crippen LogP contribution in [-0.4, -0.2) is 35.4 Å². The van der Waals surface area contributed by atoms with Crippen molar-refractivity contribution in [1.29, 1.82) is 0 Å². The van der Waals surface area contributed by atoms with E-state index in [-0.39, 0.29) is 5.75 Å². The molecule has 22 heavy (non-hydrogen) atoms. The van der Waals surface area contributed by atoms with Crippen molar-refractivity contribution in [3.05, 3.63) is 54.6 Å². The van der Waals surface area contributed by atoms with Gasteiger partial charge in [-0.2, -0.15) is 0 Å². The Morgan fingerprint density at radius 2 is 1.86 bits per heavy atom.